The molecule has 6 heteroatoms. The van der Waals surface area contributed by atoms with Crippen molar-refractivity contribution in [2.45, 2.75) is 149 Å². The second-order valence-corrected chi connectivity index (χ2v) is 11.0. The predicted octanol–water partition coefficient (Wildman–Crippen LogP) is 7.36. The Labute approximate surface area is 215 Å². The highest BCUT2D eigenvalue weighted by atomic mass is 16.6. The summed E-state index contributed by atoms with van der Waals surface area (Å²) in [6.07, 6.45) is 18.4. The molecule has 0 bridgehead atoms. The fourth-order valence-electron chi connectivity index (χ4n) is 5.07. The molecule has 35 heavy (non-hydrogen) atoms. The lowest BCUT2D eigenvalue weighted by Gasteiger charge is -2.37. The Morgan fingerprint density at radius 3 is 2.06 bits per heavy atom. The molecule has 0 aliphatic carbocycles. The normalized spacial score (nSPS) is 19.3. The molecule has 1 rings (SSSR count). The van der Waals surface area contributed by atoms with Gasteiger partial charge in [-0.25, -0.2) is 5.48 Å². The molecule has 0 aromatic rings. The van der Waals surface area contributed by atoms with Crippen LogP contribution in [0.15, 0.2) is 0 Å². The van der Waals surface area contributed by atoms with Gasteiger partial charge in [-0.2, -0.15) is 0 Å². The quantitative estimate of drug-likeness (QED) is 0.0871. The third kappa shape index (κ3) is 14.3. The molecule has 0 amide bonds. The molecule has 1 aliphatic heterocycles. The van der Waals surface area contributed by atoms with Crippen LogP contribution in [0, 0.1) is 17.8 Å². The molecule has 2 unspecified atom stereocenters. The largest absolute Gasteiger partial charge is 0.462 e. The Bertz CT molecular complexity index is 553. The van der Waals surface area contributed by atoms with Crippen molar-refractivity contribution >= 4 is 11.9 Å². The average molecular weight is 498 g/mol. The maximum atomic E-state index is 12.9. The van der Waals surface area contributed by atoms with Gasteiger partial charge in [0.05, 0.1) is 11.8 Å². The van der Waals surface area contributed by atoms with Crippen LogP contribution in [0.4, 0.5) is 0 Å². The highest BCUT2D eigenvalue weighted by molar-refractivity contribution is 5.78. The summed E-state index contributed by atoms with van der Waals surface area (Å²) < 4.78 is 11.5. The number of cyclic esters (lactones) is 1. The van der Waals surface area contributed by atoms with Gasteiger partial charge >= 0.3 is 11.9 Å². The first-order valence-electron chi connectivity index (χ1n) is 14.7. The molecule has 1 saturated heterocycles. The van der Waals surface area contributed by atoms with Gasteiger partial charge in [0.2, 0.25) is 0 Å². The van der Waals surface area contributed by atoms with Gasteiger partial charge in [-0.05, 0) is 31.6 Å². The summed E-state index contributed by atoms with van der Waals surface area (Å²) in [5, 5.41) is 9.19. The van der Waals surface area contributed by atoms with E-state index in [1.54, 1.807) is 0 Å². The van der Waals surface area contributed by atoms with Crippen LogP contribution in [0.1, 0.15) is 137 Å². The van der Waals surface area contributed by atoms with Crippen molar-refractivity contribution in [1.82, 2.24) is 5.48 Å². The third-order valence-corrected chi connectivity index (χ3v) is 7.22. The Morgan fingerprint density at radius 1 is 0.943 bits per heavy atom. The third-order valence-electron chi connectivity index (χ3n) is 7.22. The number of carbonyl (C=O) groups is 2. The molecule has 0 spiro atoms. The zero-order valence-corrected chi connectivity index (χ0v) is 23.2. The number of ether oxygens (including phenoxy) is 2. The molecule has 0 aromatic carbocycles. The van der Waals surface area contributed by atoms with Crippen LogP contribution < -0.4 is 5.48 Å². The maximum absolute atomic E-state index is 12.9. The van der Waals surface area contributed by atoms with E-state index in [2.05, 4.69) is 33.2 Å². The second kappa shape index (κ2) is 20.0. The van der Waals surface area contributed by atoms with Crippen LogP contribution in [0.2, 0.25) is 0 Å². The van der Waals surface area contributed by atoms with Crippen molar-refractivity contribution in [3.63, 3.8) is 0 Å². The van der Waals surface area contributed by atoms with Crippen LogP contribution in [-0.4, -0.2) is 35.9 Å². The van der Waals surface area contributed by atoms with Crippen molar-refractivity contribution in [2.24, 2.45) is 17.8 Å². The molecular weight excluding hydrogens is 442 g/mol. The summed E-state index contributed by atoms with van der Waals surface area (Å²) in [6, 6.07) is 0. The number of hydroxylamine groups is 1. The van der Waals surface area contributed by atoms with Crippen molar-refractivity contribution in [1.29, 1.82) is 0 Å². The lowest BCUT2D eigenvalue weighted by atomic mass is 9.86. The molecule has 0 aromatic heterocycles. The number of rotatable bonds is 23. The summed E-state index contributed by atoms with van der Waals surface area (Å²) in [6.45, 7) is 8.75. The molecule has 1 aliphatic rings. The molecule has 206 valence electrons. The average Bonchev–Trinajstić information content (AvgIpc) is 2.81. The smallest absolute Gasteiger partial charge is 0.313 e. The Hall–Kier alpha value is -1.14. The minimum absolute atomic E-state index is 0.0539. The van der Waals surface area contributed by atoms with Crippen molar-refractivity contribution in [3.8, 4) is 0 Å². The standard InChI is InChI=1S/C29H55NO5/c1-5-7-9-11-12-13-14-15-16-18-25(34-28(31)24(22-30-33)20-23(3)4)21-27-26(29(32)35-27)19-17-10-8-6-2/h23-27,30,33H,5-22H2,1-4H3/t24-,25?,26-,27?/m0/s1. The van der Waals surface area contributed by atoms with Crippen LogP contribution in [0.5, 0.6) is 0 Å². The molecule has 1 fully saturated rings. The molecule has 6 nitrogen and oxygen atoms in total. The minimum atomic E-state index is -0.376. The lowest BCUT2D eigenvalue weighted by molar-refractivity contribution is -0.190. The van der Waals surface area contributed by atoms with E-state index >= 15 is 0 Å². The first kappa shape index (κ1) is 31.9. The minimum Gasteiger partial charge on any atom is -0.462 e. The molecule has 1 heterocycles. The highest BCUT2D eigenvalue weighted by Gasteiger charge is 2.43. The number of nitrogens with one attached hydrogen (secondary N) is 1. The summed E-state index contributed by atoms with van der Waals surface area (Å²) in [5.41, 5.74) is 2.15. The van der Waals surface area contributed by atoms with E-state index in [0.717, 1.165) is 38.5 Å². The van der Waals surface area contributed by atoms with Gasteiger partial charge in [-0.3, -0.25) is 9.59 Å². The predicted molar refractivity (Wildman–Crippen MR) is 141 cm³/mol. The molecule has 0 saturated carbocycles. The SMILES string of the molecule is CCCCCCCCCCCC(CC1OC(=O)[C@H]1CCCCCC)OC(=O)[C@H](CNO)CC(C)C. The molecule has 2 N–H and O–H groups in total. The number of hydrogen-bond acceptors (Lipinski definition) is 6. The maximum Gasteiger partial charge on any atom is 0.313 e. The summed E-state index contributed by atoms with van der Waals surface area (Å²) >= 11 is 0. The van der Waals surface area contributed by atoms with E-state index in [1.807, 2.05) is 0 Å². The Kier molecular flexibility index (Phi) is 18.2. The summed E-state index contributed by atoms with van der Waals surface area (Å²) in [7, 11) is 0. The molecule has 0 radical (unpaired) electrons. The summed E-state index contributed by atoms with van der Waals surface area (Å²) in [4.78, 5) is 25.0. The number of unbranched alkanes of at least 4 members (excludes halogenated alkanes) is 11. The van der Waals surface area contributed by atoms with E-state index in [9.17, 15) is 14.8 Å². The van der Waals surface area contributed by atoms with Crippen molar-refractivity contribution < 1.29 is 24.3 Å². The molecular formula is C29H55NO5. The monoisotopic (exact) mass is 497 g/mol. The van der Waals surface area contributed by atoms with Crippen molar-refractivity contribution in [3.05, 3.63) is 0 Å². The Balaban J connectivity index is 2.57. The van der Waals surface area contributed by atoms with Gasteiger partial charge in [0.15, 0.2) is 0 Å². The van der Waals surface area contributed by atoms with E-state index in [0.29, 0.717) is 18.8 Å². The van der Waals surface area contributed by atoms with Crippen LogP contribution in [0.3, 0.4) is 0 Å². The van der Waals surface area contributed by atoms with Crippen LogP contribution in [-0.2, 0) is 19.1 Å². The van der Waals surface area contributed by atoms with Crippen LogP contribution in [0.25, 0.3) is 0 Å². The van der Waals surface area contributed by atoms with Crippen LogP contribution >= 0.6 is 0 Å². The Morgan fingerprint density at radius 2 is 1.51 bits per heavy atom. The highest BCUT2D eigenvalue weighted by Crippen LogP contribution is 2.33. The van der Waals surface area contributed by atoms with E-state index in [-0.39, 0.29) is 42.5 Å². The van der Waals surface area contributed by atoms with E-state index in [4.69, 9.17) is 9.47 Å². The van der Waals surface area contributed by atoms with Crippen molar-refractivity contribution in [2.75, 3.05) is 6.54 Å². The van der Waals surface area contributed by atoms with E-state index < -0.39 is 0 Å². The lowest BCUT2D eigenvalue weighted by Crippen LogP contribution is -2.47. The van der Waals surface area contributed by atoms with E-state index in [1.165, 1.54) is 57.8 Å². The summed E-state index contributed by atoms with van der Waals surface area (Å²) in [5.74, 6) is -0.453. The fraction of sp³-hybridized carbons (Fsp3) is 0.931. The molecule has 4 atom stereocenters. The fourth-order valence-corrected chi connectivity index (χ4v) is 5.07. The zero-order valence-electron chi connectivity index (χ0n) is 23.2. The first-order chi connectivity index (χ1) is 16.9. The van der Waals surface area contributed by atoms with Gasteiger partial charge < -0.3 is 14.7 Å². The zero-order chi connectivity index (χ0) is 25.9. The second-order valence-electron chi connectivity index (χ2n) is 11.0. The van der Waals surface area contributed by atoms with Gasteiger partial charge in [0.25, 0.3) is 0 Å². The van der Waals surface area contributed by atoms with Gasteiger partial charge in [0.1, 0.15) is 12.2 Å². The number of carbonyl (C=O) groups excluding carboxylic acids is 2. The number of esters is 2. The first-order valence-corrected chi connectivity index (χ1v) is 14.7. The number of hydrogen-bond donors (Lipinski definition) is 2. The topological polar surface area (TPSA) is 84.9 Å². The van der Waals surface area contributed by atoms with Gasteiger partial charge in [0, 0.05) is 13.0 Å². The van der Waals surface area contributed by atoms with Gasteiger partial charge in [-0.15, -0.1) is 0 Å². The van der Waals surface area contributed by atoms with Gasteiger partial charge in [-0.1, -0.05) is 105 Å².